The smallest absolute Gasteiger partial charge is 0.326 e. The highest BCUT2D eigenvalue weighted by Gasteiger charge is 2.24. The molecule has 1 saturated heterocycles. The number of rotatable bonds is 7. The zero-order valence-corrected chi connectivity index (χ0v) is 13.8. The lowest BCUT2D eigenvalue weighted by Crippen LogP contribution is -2.42. The lowest BCUT2D eigenvalue weighted by molar-refractivity contribution is -0.138. The molecule has 2 atom stereocenters. The molecule has 7 nitrogen and oxygen atoms in total. The molecule has 0 bridgehead atoms. The summed E-state index contributed by atoms with van der Waals surface area (Å²) in [6, 6.07) is 1.16. The summed E-state index contributed by atoms with van der Waals surface area (Å²) in [7, 11) is 0. The van der Waals surface area contributed by atoms with Gasteiger partial charge >= 0.3 is 5.97 Å². The van der Waals surface area contributed by atoms with Gasteiger partial charge in [0.2, 0.25) is 0 Å². The number of carboxylic acids is 1. The Hall–Kier alpha value is -1.89. The van der Waals surface area contributed by atoms with Gasteiger partial charge in [-0.25, -0.2) is 14.8 Å². The van der Waals surface area contributed by atoms with Gasteiger partial charge in [-0.3, -0.25) is 0 Å². The zero-order valence-electron chi connectivity index (χ0n) is 13.8. The van der Waals surface area contributed by atoms with Crippen molar-refractivity contribution in [1.82, 2.24) is 9.97 Å². The van der Waals surface area contributed by atoms with Crippen LogP contribution in [0.4, 0.5) is 11.6 Å². The fraction of sp³-hybridized carbons (Fsp3) is 0.688. The van der Waals surface area contributed by atoms with Crippen molar-refractivity contribution in [3.63, 3.8) is 0 Å². The molecule has 0 radical (unpaired) electrons. The molecular weight excluding hydrogens is 296 g/mol. The van der Waals surface area contributed by atoms with E-state index in [9.17, 15) is 15.0 Å². The normalized spacial score (nSPS) is 19.7. The van der Waals surface area contributed by atoms with Gasteiger partial charge < -0.3 is 20.4 Å². The standard InChI is InChI=1S/C16H26N4O3/c1-11(2)7-13(16(22)23)19-14-8-15(18-10-17-14)20-6-4-3-5-12(20)9-21/h8,10-13,21H,3-7,9H2,1-2H3,(H,22,23)(H,17,18,19)/t12?,13-/m0/s1. The number of piperidine rings is 1. The van der Waals surface area contributed by atoms with Crippen LogP contribution >= 0.6 is 0 Å². The summed E-state index contributed by atoms with van der Waals surface area (Å²) in [5.41, 5.74) is 0. The monoisotopic (exact) mass is 322 g/mol. The largest absolute Gasteiger partial charge is 0.480 e. The molecule has 1 fully saturated rings. The molecule has 1 aromatic heterocycles. The van der Waals surface area contributed by atoms with Crippen LogP contribution in [0.5, 0.6) is 0 Å². The lowest BCUT2D eigenvalue weighted by Gasteiger charge is -2.35. The van der Waals surface area contributed by atoms with E-state index in [-0.39, 0.29) is 18.6 Å². The number of aliphatic carboxylic acids is 1. The Morgan fingerprint density at radius 2 is 2.22 bits per heavy atom. The Morgan fingerprint density at radius 3 is 2.87 bits per heavy atom. The van der Waals surface area contributed by atoms with Crippen molar-refractivity contribution >= 4 is 17.6 Å². The topological polar surface area (TPSA) is 98.6 Å². The highest BCUT2D eigenvalue weighted by Crippen LogP contribution is 2.24. The van der Waals surface area contributed by atoms with E-state index < -0.39 is 12.0 Å². The summed E-state index contributed by atoms with van der Waals surface area (Å²) in [5.74, 6) is 0.621. The molecule has 1 aromatic rings. The number of hydrogen-bond donors (Lipinski definition) is 3. The third-order valence-electron chi connectivity index (χ3n) is 4.11. The third-order valence-corrected chi connectivity index (χ3v) is 4.11. The van der Waals surface area contributed by atoms with Gasteiger partial charge in [0.05, 0.1) is 12.6 Å². The van der Waals surface area contributed by atoms with E-state index in [1.165, 1.54) is 6.33 Å². The summed E-state index contributed by atoms with van der Waals surface area (Å²) in [4.78, 5) is 21.9. The van der Waals surface area contributed by atoms with Crippen molar-refractivity contribution in [1.29, 1.82) is 0 Å². The minimum absolute atomic E-state index is 0.0671. The molecule has 7 heteroatoms. The molecule has 23 heavy (non-hydrogen) atoms. The third kappa shape index (κ3) is 4.79. The van der Waals surface area contributed by atoms with Crippen LogP contribution in [-0.2, 0) is 4.79 Å². The first-order valence-corrected chi connectivity index (χ1v) is 8.20. The van der Waals surface area contributed by atoms with Crippen molar-refractivity contribution < 1.29 is 15.0 Å². The van der Waals surface area contributed by atoms with Gasteiger partial charge in [0.25, 0.3) is 0 Å². The molecule has 2 rings (SSSR count). The quantitative estimate of drug-likeness (QED) is 0.703. The Balaban J connectivity index is 2.13. The highest BCUT2D eigenvalue weighted by atomic mass is 16.4. The molecule has 0 aromatic carbocycles. The minimum atomic E-state index is -0.884. The lowest BCUT2D eigenvalue weighted by atomic mass is 10.0. The van der Waals surface area contributed by atoms with E-state index in [1.54, 1.807) is 6.07 Å². The summed E-state index contributed by atoms with van der Waals surface area (Å²) >= 11 is 0. The Morgan fingerprint density at radius 1 is 1.43 bits per heavy atom. The van der Waals surface area contributed by atoms with Gasteiger partial charge in [-0.05, 0) is 31.6 Å². The van der Waals surface area contributed by atoms with Crippen LogP contribution in [0.25, 0.3) is 0 Å². The number of hydrogen-bond acceptors (Lipinski definition) is 6. The van der Waals surface area contributed by atoms with Crippen LogP contribution in [0.15, 0.2) is 12.4 Å². The van der Waals surface area contributed by atoms with E-state index in [4.69, 9.17) is 0 Å². The molecular formula is C16H26N4O3. The first kappa shape index (κ1) is 17.5. The molecule has 0 saturated carbocycles. The van der Waals surface area contributed by atoms with Crippen LogP contribution in [0, 0.1) is 5.92 Å². The van der Waals surface area contributed by atoms with Gasteiger partial charge in [0.1, 0.15) is 24.0 Å². The molecule has 1 aliphatic heterocycles. The highest BCUT2D eigenvalue weighted by molar-refractivity contribution is 5.77. The van der Waals surface area contributed by atoms with Crippen molar-refractivity contribution in [3.8, 4) is 0 Å². The number of carbonyl (C=O) groups is 1. The van der Waals surface area contributed by atoms with E-state index in [1.807, 2.05) is 13.8 Å². The van der Waals surface area contributed by atoms with Gasteiger partial charge in [0.15, 0.2) is 0 Å². The predicted octanol–water partition coefficient (Wildman–Crippen LogP) is 1.74. The minimum Gasteiger partial charge on any atom is -0.480 e. The number of nitrogens with one attached hydrogen (secondary N) is 1. The Bertz CT molecular complexity index is 524. The number of carboxylic acid groups (broad SMARTS) is 1. The van der Waals surface area contributed by atoms with Gasteiger partial charge in [-0.2, -0.15) is 0 Å². The first-order valence-electron chi connectivity index (χ1n) is 8.20. The second kappa shape index (κ2) is 8.10. The van der Waals surface area contributed by atoms with Crippen LogP contribution in [0.3, 0.4) is 0 Å². The summed E-state index contributed by atoms with van der Waals surface area (Å²) in [6.07, 6.45) is 5.07. The number of anilines is 2. The van der Waals surface area contributed by atoms with E-state index in [0.717, 1.165) is 31.6 Å². The average molecular weight is 322 g/mol. The van der Waals surface area contributed by atoms with Crippen LogP contribution in [0.2, 0.25) is 0 Å². The van der Waals surface area contributed by atoms with E-state index in [2.05, 4.69) is 20.2 Å². The van der Waals surface area contributed by atoms with Crippen LogP contribution < -0.4 is 10.2 Å². The zero-order chi connectivity index (χ0) is 16.8. The van der Waals surface area contributed by atoms with Crippen molar-refractivity contribution in [2.45, 2.75) is 51.6 Å². The fourth-order valence-corrected chi connectivity index (χ4v) is 2.95. The SMILES string of the molecule is CC(C)C[C@H](Nc1cc(N2CCCCC2CO)ncn1)C(=O)O. The number of aliphatic hydroxyl groups is 1. The van der Waals surface area contributed by atoms with Crippen molar-refractivity contribution in [2.75, 3.05) is 23.4 Å². The molecule has 2 heterocycles. The van der Waals surface area contributed by atoms with Gasteiger partial charge in [0, 0.05) is 12.6 Å². The molecule has 0 amide bonds. The number of nitrogens with zero attached hydrogens (tertiary/aromatic N) is 3. The van der Waals surface area contributed by atoms with Crippen LogP contribution in [-0.4, -0.2) is 51.4 Å². The van der Waals surface area contributed by atoms with E-state index >= 15 is 0 Å². The molecule has 0 spiro atoms. The number of aromatic nitrogens is 2. The molecule has 3 N–H and O–H groups in total. The summed E-state index contributed by atoms with van der Waals surface area (Å²) in [5, 5.41) is 21.8. The molecule has 1 unspecified atom stereocenters. The van der Waals surface area contributed by atoms with Crippen molar-refractivity contribution in [3.05, 3.63) is 12.4 Å². The van der Waals surface area contributed by atoms with Gasteiger partial charge in [-0.15, -0.1) is 0 Å². The molecule has 128 valence electrons. The van der Waals surface area contributed by atoms with E-state index in [0.29, 0.717) is 12.2 Å². The fourth-order valence-electron chi connectivity index (χ4n) is 2.95. The maximum absolute atomic E-state index is 11.4. The second-order valence-electron chi connectivity index (χ2n) is 6.45. The summed E-state index contributed by atoms with van der Waals surface area (Å²) < 4.78 is 0. The maximum Gasteiger partial charge on any atom is 0.326 e. The Labute approximate surface area is 136 Å². The van der Waals surface area contributed by atoms with Gasteiger partial charge in [-0.1, -0.05) is 13.8 Å². The first-order chi connectivity index (χ1) is 11.0. The second-order valence-corrected chi connectivity index (χ2v) is 6.45. The number of aliphatic hydroxyl groups excluding tert-OH is 1. The van der Waals surface area contributed by atoms with Crippen LogP contribution in [0.1, 0.15) is 39.5 Å². The summed E-state index contributed by atoms with van der Waals surface area (Å²) in [6.45, 7) is 4.92. The molecule has 0 aliphatic carbocycles. The Kier molecular flexibility index (Phi) is 6.15. The average Bonchev–Trinajstić information content (AvgIpc) is 2.54. The van der Waals surface area contributed by atoms with Crippen molar-refractivity contribution in [2.24, 2.45) is 5.92 Å². The molecule has 1 aliphatic rings. The predicted molar refractivity (Wildman–Crippen MR) is 88.6 cm³/mol. The maximum atomic E-state index is 11.4.